The van der Waals surface area contributed by atoms with Gasteiger partial charge in [0, 0.05) is 24.6 Å². The van der Waals surface area contributed by atoms with E-state index in [1.54, 1.807) is 6.26 Å². The number of nitrogens with one attached hydrogen (secondary N) is 3. The van der Waals surface area contributed by atoms with Gasteiger partial charge in [0.15, 0.2) is 0 Å². The fourth-order valence-electron chi connectivity index (χ4n) is 3.00. The van der Waals surface area contributed by atoms with Gasteiger partial charge in [-0.3, -0.25) is 4.79 Å². The van der Waals surface area contributed by atoms with E-state index in [1.165, 1.54) is 0 Å². The highest BCUT2D eigenvalue weighted by molar-refractivity contribution is 5.93. The molecule has 0 aliphatic carbocycles. The minimum Gasteiger partial charge on any atom is -0.469 e. The Morgan fingerprint density at radius 3 is 2.84 bits per heavy atom. The van der Waals surface area contributed by atoms with E-state index in [-0.39, 0.29) is 24.0 Å². The Morgan fingerprint density at radius 1 is 1.24 bits per heavy atom. The van der Waals surface area contributed by atoms with Gasteiger partial charge in [-0.1, -0.05) is 12.1 Å². The molecule has 0 bridgehead atoms. The number of urea groups is 1. The normalized spacial score (nSPS) is 15.7. The van der Waals surface area contributed by atoms with Crippen LogP contribution in [-0.4, -0.2) is 18.0 Å². The SMILES string of the molecule is C[C@H](Cc1ccco1)NC(=O)N[C@H](C)c1ccc2c(c1)CCC(=O)N2. The number of hydrogen-bond donors (Lipinski definition) is 3. The molecule has 2 heterocycles. The minimum atomic E-state index is -0.211. The van der Waals surface area contributed by atoms with Crippen LogP contribution >= 0.6 is 0 Å². The Bertz CT molecular complexity index is 755. The Kier molecular flexibility index (Phi) is 5.07. The lowest BCUT2D eigenvalue weighted by atomic mass is 9.98. The van der Waals surface area contributed by atoms with E-state index in [2.05, 4.69) is 16.0 Å². The molecular weight excluding hydrogens is 318 g/mol. The van der Waals surface area contributed by atoms with Crippen LogP contribution in [0.3, 0.4) is 0 Å². The first-order valence-electron chi connectivity index (χ1n) is 8.53. The van der Waals surface area contributed by atoms with Crippen LogP contribution in [-0.2, 0) is 17.6 Å². The molecule has 1 aromatic carbocycles. The van der Waals surface area contributed by atoms with Gasteiger partial charge in [0.1, 0.15) is 5.76 Å². The van der Waals surface area contributed by atoms with Gasteiger partial charge in [-0.05, 0) is 49.6 Å². The summed E-state index contributed by atoms with van der Waals surface area (Å²) in [6.45, 7) is 3.88. The fourth-order valence-corrected chi connectivity index (χ4v) is 3.00. The molecule has 3 rings (SSSR count). The highest BCUT2D eigenvalue weighted by atomic mass is 16.3. The monoisotopic (exact) mass is 341 g/mol. The number of rotatable bonds is 5. The van der Waals surface area contributed by atoms with Crippen LogP contribution < -0.4 is 16.0 Å². The van der Waals surface area contributed by atoms with E-state index in [1.807, 2.05) is 44.2 Å². The molecule has 0 saturated heterocycles. The second kappa shape index (κ2) is 7.42. The molecule has 1 aliphatic heterocycles. The predicted molar refractivity (Wildman–Crippen MR) is 95.3 cm³/mol. The molecule has 0 fully saturated rings. The quantitative estimate of drug-likeness (QED) is 0.781. The highest BCUT2D eigenvalue weighted by Gasteiger charge is 2.17. The summed E-state index contributed by atoms with van der Waals surface area (Å²) in [5, 5.41) is 8.74. The number of furan rings is 1. The zero-order valence-electron chi connectivity index (χ0n) is 14.5. The molecule has 2 atom stereocenters. The molecule has 0 spiro atoms. The lowest BCUT2D eigenvalue weighted by molar-refractivity contribution is -0.116. The summed E-state index contributed by atoms with van der Waals surface area (Å²) < 4.78 is 5.29. The molecular formula is C19H23N3O3. The van der Waals surface area contributed by atoms with Gasteiger partial charge in [0.25, 0.3) is 0 Å². The van der Waals surface area contributed by atoms with Crippen molar-refractivity contribution in [1.29, 1.82) is 0 Å². The number of carbonyl (C=O) groups is 2. The minimum absolute atomic E-state index is 0.0305. The number of anilines is 1. The summed E-state index contributed by atoms with van der Waals surface area (Å²) >= 11 is 0. The second-order valence-electron chi connectivity index (χ2n) is 6.49. The van der Waals surface area contributed by atoms with Crippen LogP contribution in [0.25, 0.3) is 0 Å². The van der Waals surface area contributed by atoms with Crippen molar-refractivity contribution < 1.29 is 14.0 Å². The third-order valence-electron chi connectivity index (χ3n) is 4.34. The van der Waals surface area contributed by atoms with Gasteiger partial charge in [-0.15, -0.1) is 0 Å². The van der Waals surface area contributed by atoms with Gasteiger partial charge in [-0.25, -0.2) is 4.79 Å². The largest absolute Gasteiger partial charge is 0.469 e. The Balaban J connectivity index is 1.55. The Labute approximate surface area is 147 Å². The number of amides is 3. The number of benzene rings is 1. The van der Waals surface area contributed by atoms with Gasteiger partial charge in [0.2, 0.25) is 5.91 Å². The standard InChI is InChI=1S/C19H23N3O3/c1-12(10-16-4-3-9-25-16)20-19(24)21-13(2)14-5-7-17-15(11-14)6-8-18(23)22-17/h3-5,7,9,11-13H,6,8,10H2,1-2H3,(H,22,23)(H2,20,21,24)/t12-,13-/m1/s1. The molecule has 132 valence electrons. The summed E-state index contributed by atoms with van der Waals surface area (Å²) in [6.07, 6.45) is 3.51. The van der Waals surface area contributed by atoms with Crippen molar-refractivity contribution in [2.75, 3.05) is 5.32 Å². The molecule has 0 radical (unpaired) electrons. The molecule has 0 unspecified atom stereocenters. The number of carbonyl (C=O) groups excluding carboxylic acids is 2. The Morgan fingerprint density at radius 2 is 2.08 bits per heavy atom. The van der Waals surface area contributed by atoms with Gasteiger partial charge < -0.3 is 20.4 Å². The summed E-state index contributed by atoms with van der Waals surface area (Å²) in [5.74, 6) is 0.897. The van der Waals surface area contributed by atoms with Crippen LogP contribution in [0.5, 0.6) is 0 Å². The van der Waals surface area contributed by atoms with Gasteiger partial charge in [0.05, 0.1) is 12.3 Å². The smallest absolute Gasteiger partial charge is 0.315 e. The van der Waals surface area contributed by atoms with E-state index in [9.17, 15) is 9.59 Å². The topological polar surface area (TPSA) is 83.4 Å². The van der Waals surface area contributed by atoms with E-state index in [4.69, 9.17) is 4.42 Å². The summed E-state index contributed by atoms with van der Waals surface area (Å²) in [7, 11) is 0. The molecule has 2 aromatic rings. The predicted octanol–water partition coefficient (Wildman–Crippen LogP) is 3.16. The summed E-state index contributed by atoms with van der Waals surface area (Å²) in [5.41, 5.74) is 2.99. The average molecular weight is 341 g/mol. The van der Waals surface area contributed by atoms with E-state index in [0.717, 1.165) is 29.0 Å². The van der Waals surface area contributed by atoms with Crippen LogP contribution in [0.4, 0.5) is 10.5 Å². The van der Waals surface area contributed by atoms with Crippen LogP contribution in [0.1, 0.15) is 43.2 Å². The molecule has 3 N–H and O–H groups in total. The Hall–Kier alpha value is -2.76. The maximum Gasteiger partial charge on any atom is 0.315 e. The summed E-state index contributed by atoms with van der Waals surface area (Å²) in [4.78, 5) is 23.6. The maximum absolute atomic E-state index is 12.2. The van der Waals surface area contributed by atoms with Crippen molar-refractivity contribution in [3.05, 3.63) is 53.5 Å². The lowest BCUT2D eigenvalue weighted by Gasteiger charge is -2.21. The van der Waals surface area contributed by atoms with Crippen molar-refractivity contribution in [3.63, 3.8) is 0 Å². The number of aryl methyl sites for hydroxylation is 1. The zero-order chi connectivity index (χ0) is 17.8. The third kappa shape index (κ3) is 4.41. The number of fused-ring (bicyclic) bond motifs is 1. The van der Waals surface area contributed by atoms with Crippen molar-refractivity contribution in [3.8, 4) is 0 Å². The third-order valence-corrected chi connectivity index (χ3v) is 4.34. The zero-order valence-corrected chi connectivity index (χ0v) is 14.5. The first-order valence-corrected chi connectivity index (χ1v) is 8.53. The van der Waals surface area contributed by atoms with Gasteiger partial charge >= 0.3 is 6.03 Å². The fraction of sp³-hybridized carbons (Fsp3) is 0.368. The highest BCUT2D eigenvalue weighted by Crippen LogP contribution is 2.26. The molecule has 1 aliphatic rings. The van der Waals surface area contributed by atoms with Crippen LogP contribution in [0.2, 0.25) is 0 Å². The molecule has 0 saturated carbocycles. The second-order valence-corrected chi connectivity index (χ2v) is 6.49. The molecule has 6 heteroatoms. The van der Waals surface area contributed by atoms with Gasteiger partial charge in [-0.2, -0.15) is 0 Å². The molecule has 6 nitrogen and oxygen atoms in total. The van der Waals surface area contributed by atoms with Crippen molar-refractivity contribution in [2.24, 2.45) is 0 Å². The number of hydrogen-bond acceptors (Lipinski definition) is 3. The maximum atomic E-state index is 12.2. The van der Waals surface area contributed by atoms with Crippen molar-refractivity contribution in [2.45, 2.75) is 45.2 Å². The van der Waals surface area contributed by atoms with E-state index in [0.29, 0.717) is 12.8 Å². The average Bonchev–Trinajstić information content (AvgIpc) is 3.06. The van der Waals surface area contributed by atoms with E-state index >= 15 is 0 Å². The molecule has 1 aromatic heterocycles. The lowest BCUT2D eigenvalue weighted by Crippen LogP contribution is -2.42. The van der Waals surface area contributed by atoms with Crippen molar-refractivity contribution >= 4 is 17.6 Å². The van der Waals surface area contributed by atoms with Crippen LogP contribution in [0.15, 0.2) is 41.0 Å². The van der Waals surface area contributed by atoms with Crippen LogP contribution in [0, 0.1) is 0 Å². The first-order chi connectivity index (χ1) is 12.0. The van der Waals surface area contributed by atoms with E-state index < -0.39 is 0 Å². The molecule has 3 amide bonds. The summed E-state index contributed by atoms with van der Waals surface area (Å²) in [6, 6.07) is 9.24. The molecule has 25 heavy (non-hydrogen) atoms. The van der Waals surface area contributed by atoms with Crippen molar-refractivity contribution in [1.82, 2.24) is 10.6 Å². The first kappa shape index (κ1) is 17.1.